The number of carbonyl (C=O) groups excluding carboxylic acids is 1. The van der Waals surface area contributed by atoms with Gasteiger partial charge >= 0.3 is 0 Å². The number of aliphatic hydroxyl groups excluding tert-OH is 1. The first-order chi connectivity index (χ1) is 8.11. The van der Waals surface area contributed by atoms with E-state index in [4.69, 9.17) is 10.4 Å². The third kappa shape index (κ3) is 8.66. The third-order valence-corrected chi connectivity index (χ3v) is 2.59. The van der Waals surface area contributed by atoms with Crippen LogP contribution in [-0.2, 0) is 4.79 Å². The molecule has 0 radical (unpaired) electrons. The van der Waals surface area contributed by atoms with Crippen molar-refractivity contribution >= 4 is 5.91 Å². The van der Waals surface area contributed by atoms with Gasteiger partial charge in [0.1, 0.15) is 0 Å². The smallest absolute Gasteiger partial charge is 0.236 e. The molecule has 0 saturated heterocycles. The SMILES string of the molecule is CN(CCCCCO)CC(=O)N(C)CCC#N. The summed E-state index contributed by atoms with van der Waals surface area (Å²) in [5, 5.41) is 17.1. The number of likely N-dealkylation sites (N-methyl/N-ethyl adjacent to an activating group) is 2. The van der Waals surface area contributed by atoms with E-state index in [1.54, 1.807) is 11.9 Å². The van der Waals surface area contributed by atoms with Crippen LogP contribution in [0.4, 0.5) is 0 Å². The highest BCUT2D eigenvalue weighted by Gasteiger charge is 2.10. The van der Waals surface area contributed by atoms with E-state index in [0.717, 1.165) is 25.8 Å². The maximum atomic E-state index is 11.7. The van der Waals surface area contributed by atoms with E-state index >= 15 is 0 Å². The monoisotopic (exact) mass is 241 g/mol. The van der Waals surface area contributed by atoms with Crippen molar-refractivity contribution in [2.75, 3.05) is 40.3 Å². The molecular formula is C12H23N3O2. The second kappa shape index (κ2) is 10.1. The quantitative estimate of drug-likeness (QED) is 0.595. The van der Waals surface area contributed by atoms with Gasteiger partial charge in [-0.05, 0) is 32.9 Å². The van der Waals surface area contributed by atoms with E-state index in [1.165, 1.54) is 0 Å². The molecule has 0 spiro atoms. The number of hydrogen-bond acceptors (Lipinski definition) is 4. The number of hydrogen-bond donors (Lipinski definition) is 1. The highest BCUT2D eigenvalue weighted by Crippen LogP contribution is 1.98. The Morgan fingerprint density at radius 2 is 1.94 bits per heavy atom. The second-order valence-corrected chi connectivity index (χ2v) is 4.25. The summed E-state index contributed by atoms with van der Waals surface area (Å²) >= 11 is 0. The first-order valence-corrected chi connectivity index (χ1v) is 6.02. The Labute approximate surface area is 104 Å². The van der Waals surface area contributed by atoms with Crippen LogP contribution in [0.5, 0.6) is 0 Å². The molecule has 0 aromatic heterocycles. The van der Waals surface area contributed by atoms with Crippen LogP contribution >= 0.6 is 0 Å². The molecule has 0 atom stereocenters. The molecule has 5 heteroatoms. The normalized spacial score (nSPS) is 10.3. The molecule has 0 aromatic rings. The summed E-state index contributed by atoms with van der Waals surface area (Å²) in [6, 6.07) is 2.02. The van der Waals surface area contributed by atoms with Crippen molar-refractivity contribution in [3.63, 3.8) is 0 Å². The van der Waals surface area contributed by atoms with Gasteiger partial charge < -0.3 is 10.0 Å². The van der Waals surface area contributed by atoms with Gasteiger partial charge in [0.05, 0.1) is 19.0 Å². The number of nitrogens with zero attached hydrogens (tertiary/aromatic N) is 3. The number of amides is 1. The van der Waals surface area contributed by atoms with Crippen molar-refractivity contribution in [2.45, 2.75) is 25.7 Å². The van der Waals surface area contributed by atoms with Gasteiger partial charge in [-0.1, -0.05) is 0 Å². The minimum Gasteiger partial charge on any atom is -0.396 e. The van der Waals surface area contributed by atoms with Gasteiger partial charge in [0.2, 0.25) is 5.91 Å². The first-order valence-electron chi connectivity index (χ1n) is 6.02. The van der Waals surface area contributed by atoms with E-state index in [2.05, 4.69) is 0 Å². The topological polar surface area (TPSA) is 67.6 Å². The molecular weight excluding hydrogens is 218 g/mol. The van der Waals surface area contributed by atoms with E-state index < -0.39 is 0 Å². The van der Waals surface area contributed by atoms with Gasteiger partial charge in [-0.25, -0.2) is 0 Å². The third-order valence-electron chi connectivity index (χ3n) is 2.59. The molecule has 0 rings (SSSR count). The lowest BCUT2D eigenvalue weighted by Gasteiger charge is -2.21. The summed E-state index contributed by atoms with van der Waals surface area (Å²) in [6.45, 7) is 1.98. The maximum Gasteiger partial charge on any atom is 0.236 e. The van der Waals surface area contributed by atoms with Crippen molar-refractivity contribution in [2.24, 2.45) is 0 Å². The van der Waals surface area contributed by atoms with Crippen LogP contribution in [0.3, 0.4) is 0 Å². The predicted molar refractivity (Wildman–Crippen MR) is 66.3 cm³/mol. The van der Waals surface area contributed by atoms with E-state index in [0.29, 0.717) is 19.5 Å². The van der Waals surface area contributed by atoms with E-state index in [-0.39, 0.29) is 12.5 Å². The molecule has 0 unspecified atom stereocenters. The minimum absolute atomic E-state index is 0.0462. The Morgan fingerprint density at radius 1 is 1.24 bits per heavy atom. The molecule has 0 aliphatic rings. The van der Waals surface area contributed by atoms with Crippen LogP contribution in [0, 0.1) is 11.3 Å². The Balaban J connectivity index is 3.68. The van der Waals surface area contributed by atoms with Crippen molar-refractivity contribution in [3.05, 3.63) is 0 Å². The zero-order chi connectivity index (χ0) is 13.1. The number of nitriles is 1. The predicted octanol–water partition coefficient (Wildman–Crippen LogP) is 0.453. The lowest BCUT2D eigenvalue weighted by molar-refractivity contribution is -0.130. The average Bonchev–Trinajstić information content (AvgIpc) is 2.31. The molecule has 1 amide bonds. The van der Waals surface area contributed by atoms with Crippen molar-refractivity contribution in [3.8, 4) is 6.07 Å². The first kappa shape index (κ1) is 15.9. The molecule has 0 saturated carbocycles. The van der Waals surface area contributed by atoms with Crippen LogP contribution in [0.25, 0.3) is 0 Å². The van der Waals surface area contributed by atoms with Gasteiger partial charge in [0, 0.05) is 20.2 Å². The number of aliphatic hydroxyl groups is 1. The number of carbonyl (C=O) groups is 1. The van der Waals surface area contributed by atoms with Gasteiger partial charge in [-0.2, -0.15) is 5.26 Å². The van der Waals surface area contributed by atoms with Gasteiger partial charge in [-0.15, -0.1) is 0 Å². The Hall–Kier alpha value is -1.12. The van der Waals surface area contributed by atoms with Crippen molar-refractivity contribution < 1.29 is 9.90 Å². The lowest BCUT2D eigenvalue weighted by atomic mass is 10.2. The summed E-state index contributed by atoms with van der Waals surface area (Å²) in [5.41, 5.74) is 0. The van der Waals surface area contributed by atoms with Crippen LogP contribution in [0.1, 0.15) is 25.7 Å². The van der Waals surface area contributed by atoms with Crippen LogP contribution in [-0.4, -0.2) is 61.2 Å². The van der Waals surface area contributed by atoms with Crippen LogP contribution < -0.4 is 0 Å². The highest BCUT2D eigenvalue weighted by molar-refractivity contribution is 5.77. The molecule has 17 heavy (non-hydrogen) atoms. The fourth-order valence-electron chi connectivity index (χ4n) is 1.44. The fourth-order valence-corrected chi connectivity index (χ4v) is 1.44. The zero-order valence-corrected chi connectivity index (χ0v) is 10.9. The Kier molecular flexibility index (Phi) is 9.40. The number of unbranched alkanes of at least 4 members (excludes halogenated alkanes) is 2. The summed E-state index contributed by atoms with van der Waals surface area (Å²) in [4.78, 5) is 15.2. The Morgan fingerprint density at radius 3 is 2.53 bits per heavy atom. The lowest BCUT2D eigenvalue weighted by Crippen LogP contribution is -2.37. The van der Waals surface area contributed by atoms with Gasteiger partial charge in [-0.3, -0.25) is 9.69 Å². The standard InChI is InChI=1S/C12H23N3O2/c1-14(8-4-3-5-10-16)11-12(17)15(2)9-6-7-13/h16H,3-6,8-11H2,1-2H3. The van der Waals surface area contributed by atoms with Crippen LogP contribution in [0.15, 0.2) is 0 Å². The largest absolute Gasteiger partial charge is 0.396 e. The summed E-state index contributed by atoms with van der Waals surface area (Å²) < 4.78 is 0. The molecule has 1 N–H and O–H groups in total. The molecule has 5 nitrogen and oxygen atoms in total. The number of rotatable bonds is 9. The van der Waals surface area contributed by atoms with Crippen molar-refractivity contribution in [1.82, 2.24) is 9.80 Å². The Bertz CT molecular complexity index is 251. The molecule has 98 valence electrons. The van der Waals surface area contributed by atoms with Crippen LogP contribution in [0.2, 0.25) is 0 Å². The van der Waals surface area contributed by atoms with Gasteiger partial charge in [0.25, 0.3) is 0 Å². The van der Waals surface area contributed by atoms with Gasteiger partial charge in [0.15, 0.2) is 0 Å². The molecule has 0 aliphatic carbocycles. The van der Waals surface area contributed by atoms with Crippen molar-refractivity contribution in [1.29, 1.82) is 5.26 Å². The highest BCUT2D eigenvalue weighted by atomic mass is 16.2. The fraction of sp³-hybridized carbons (Fsp3) is 0.833. The molecule has 0 heterocycles. The van der Waals surface area contributed by atoms with E-state index in [1.807, 2.05) is 18.0 Å². The summed E-state index contributed by atoms with van der Waals surface area (Å²) in [7, 11) is 3.63. The average molecular weight is 241 g/mol. The summed E-state index contributed by atoms with van der Waals surface area (Å²) in [5.74, 6) is 0.0462. The maximum absolute atomic E-state index is 11.7. The molecule has 0 aliphatic heterocycles. The van der Waals surface area contributed by atoms with E-state index in [9.17, 15) is 4.79 Å². The zero-order valence-electron chi connectivity index (χ0n) is 10.9. The molecule has 0 aromatic carbocycles. The second-order valence-electron chi connectivity index (χ2n) is 4.25. The minimum atomic E-state index is 0.0462. The molecule has 0 fully saturated rings. The summed E-state index contributed by atoms with van der Waals surface area (Å²) in [6.07, 6.45) is 3.18. The molecule has 0 bridgehead atoms.